The van der Waals surface area contributed by atoms with Crippen molar-refractivity contribution in [3.8, 4) is 0 Å². The molecule has 1 aromatic rings. The smallest absolute Gasteiger partial charge is 0.324 e. The second-order valence-electron chi connectivity index (χ2n) is 3.91. The highest BCUT2D eigenvalue weighted by atomic mass is 35.5. The molecule has 0 spiro atoms. The van der Waals surface area contributed by atoms with E-state index in [1.54, 1.807) is 13.1 Å². The number of halogens is 1. The van der Waals surface area contributed by atoms with E-state index in [-0.39, 0.29) is 5.00 Å². The van der Waals surface area contributed by atoms with Crippen LogP contribution < -0.4 is 0 Å². The fourth-order valence-electron chi connectivity index (χ4n) is 1.30. The summed E-state index contributed by atoms with van der Waals surface area (Å²) in [6.07, 6.45) is 0. The van der Waals surface area contributed by atoms with E-state index in [1.807, 2.05) is 11.9 Å². The maximum atomic E-state index is 10.8. The third-order valence-corrected chi connectivity index (χ3v) is 3.68. The largest absolute Gasteiger partial charge is 0.331 e. The molecule has 1 rings (SSSR count). The molecule has 0 aromatic carbocycles. The van der Waals surface area contributed by atoms with Gasteiger partial charge in [-0.15, -0.1) is 0 Å². The minimum atomic E-state index is -0.491. The normalized spacial score (nSPS) is 10.7. The Kier molecular flexibility index (Phi) is 5.52. The van der Waals surface area contributed by atoms with Crippen LogP contribution in [-0.4, -0.2) is 47.3 Å². The molecule has 0 fully saturated rings. The second-order valence-corrected chi connectivity index (χ2v) is 5.38. The monoisotopic (exact) mass is 291 g/mol. The first-order valence-corrected chi connectivity index (χ1v) is 6.42. The summed E-state index contributed by atoms with van der Waals surface area (Å²) in [7, 11) is 3.51. The molecular weight excluding hydrogens is 278 g/mol. The van der Waals surface area contributed by atoms with Gasteiger partial charge in [-0.1, -0.05) is 11.3 Å². The summed E-state index contributed by atoms with van der Waals surface area (Å²) in [6.45, 7) is 1.79. The summed E-state index contributed by atoms with van der Waals surface area (Å²) >= 11 is 6.47. The van der Waals surface area contributed by atoms with Gasteiger partial charge in [0.15, 0.2) is 0 Å². The van der Waals surface area contributed by atoms with Crippen LogP contribution in [0, 0.1) is 10.1 Å². The number of carbonyl (C=O) groups is 1. The van der Waals surface area contributed by atoms with Gasteiger partial charge in [0, 0.05) is 37.6 Å². The quantitative estimate of drug-likeness (QED) is 0.349. The molecule has 0 saturated carbocycles. The average Bonchev–Trinajstić information content (AvgIpc) is 2.74. The fraction of sp³-hybridized carbons (Fsp3) is 0.500. The number of likely N-dealkylation sites (N-methyl/N-ethyl adjacent to an activating group) is 2. The first-order valence-electron chi connectivity index (χ1n) is 5.22. The van der Waals surface area contributed by atoms with E-state index in [1.165, 1.54) is 11.0 Å². The molecule has 1 aromatic heterocycles. The summed E-state index contributed by atoms with van der Waals surface area (Å²) in [6, 6.07) is 3.25. The van der Waals surface area contributed by atoms with Crippen molar-refractivity contribution in [1.29, 1.82) is 0 Å². The molecule has 0 radical (unpaired) electrons. The number of amides is 1. The van der Waals surface area contributed by atoms with Gasteiger partial charge in [-0.3, -0.25) is 19.8 Å². The molecule has 0 bridgehead atoms. The summed E-state index contributed by atoms with van der Waals surface area (Å²) < 4.78 is 0. The van der Waals surface area contributed by atoms with Crippen molar-refractivity contribution in [2.75, 3.05) is 27.2 Å². The van der Waals surface area contributed by atoms with E-state index in [2.05, 4.69) is 0 Å². The lowest BCUT2D eigenvalue weighted by Crippen LogP contribution is -2.31. The SMILES string of the molecule is CN(CCN(C)C(=O)Cl)Cc1ccc([N+](=O)[O-])s1. The molecule has 1 amide bonds. The van der Waals surface area contributed by atoms with Crippen LogP contribution in [0.5, 0.6) is 0 Å². The standard InChI is InChI=1S/C10H14ClN3O3S/c1-12(5-6-13(2)10(11)15)7-8-3-4-9(18-8)14(16)17/h3-4H,5-7H2,1-2H3. The molecule has 0 unspecified atom stereocenters. The minimum absolute atomic E-state index is 0.145. The summed E-state index contributed by atoms with van der Waals surface area (Å²) in [4.78, 5) is 25.2. The second kappa shape index (κ2) is 6.67. The van der Waals surface area contributed by atoms with Gasteiger partial charge in [0.05, 0.1) is 4.92 Å². The molecule has 100 valence electrons. The van der Waals surface area contributed by atoms with Gasteiger partial charge in [0.25, 0.3) is 0 Å². The van der Waals surface area contributed by atoms with E-state index in [4.69, 9.17) is 11.6 Å². The van der Waals surface area contributed by atoms with Gasteiger partial charge in [0.2, 0.25) is 0 Å². The third kappa shape index (κ3) is 4.59. The van der Waals surface area contributed by atoms with E-state index < -0.39 is 10.3 Å². The zero-order valence-corrected chi connectivity index (χ0v) is 11.7. The van der Waals surface area contributed by atoms with Crippen LogP contribution in [0.15, 0.2) is 12.1 Å². The van der Waals surface area contributed by atoms with E-state index in [0.29, 0.717) is 19.6 Å². The predicted molar refractivity (Wildman–Crippen MR) is 71.2 cm³/mol. The number of nitro groups is 1. The lowest BCUT2D eigenvalue weighted by molar-refractivity contribution is -0.380. The molecule has 6 nitrogen and oxygen atoms in total. The molecule has 0 aliphatic rings. The lowest BCUT2D eigenvalue weighted by atomic mass is 10.4. The van der Waals surface area contributed by atoms with Crippen LogP contribution in [0.25, 0.3) is 0 Å². The highest BCUT2D eigenvalue weighted by Gasteiger charge is 2.12. The highest BCUT2D eigenvalue weighted by molar-refractivity contribution is 7.15. The molecule has 0 N–H and O–H groups in total. The van der Waals surface area contributed by atoms with Gasteiger partial charge in [-0.05, 0) is 24.7 Å². The molecule has 0 aliphatic heterocycles. The Morgan fingerprint density at radius 3 is 2.61 bits per heavy atom. The van der Waals surface area contributed by atoms with Crippen LogP contribution in [0.3, 0.4) is 0 Å². The van der Waals surface area contributed by atoms with Gasteiger partial charge in [-0.25, -0.2) is 0 Å². The summed E-state index contributed by atoms with van der Waals surface area (Å²) in [5.41, 5.74) is 0. The van der Waals surface area contributed by atoms with Crippen LogP contribution in [0.4, 0.5) is 9.80 Å². The van der Waals surface area contributed by atoms with Gasteiger partial charge in [0.1, 0.15) is 0 Å². The van der Waals surface area contributed by atoms with Crippen molar-refractivity contribution in [2.45, 2.75) is 6.54 Å². The van der Waals surface area contributed by atoms with Crippen LogP contribution in [-0.2, 0) is 6.54 Å². The average molecular weight is 292 g/mol. The molecule has 0 aliphatic carbocycles. The fourth-order valence-corrected chi connectivity index (χ4v) is 2.29. The number of carbonyl (C=O) groups excluding carboxylic acids is 1. The Morgan fingerprint density at radius 1 is 1.44 bits per heavy atom. The van der Waals surface area contributed by atoms with Crippen molar-refractivity contribution in [3.63, 3.8) is 0 Å². The molecule has 8 heteroatoms. The predicted octanol–water partition coefficient (Wildman–Crippen LogP) is 2.38. The van der Waals surface area contributed by atoms with E-state index in [9.17, 15) is 14.9 Å². The lowest BCUT2D eigenvalue weighted by Gasteiger charge is -2.19. The Hall–Kier alpha value is -1.18. The minimum Gasteiger partial charge on any atom is -0.331 e. The number of hydrogen-bond acceptors (Lipinski definition) is 5. The number of nitrogens with zero attached hydrogens (tertiary/aromatic N) is 3. The Morgan fingerprint density at radius 2 is 2.11 bits per heavy atom. The molecule has 0 saturated heterocycles. The highest BCUT2D eigenvalue weighted by Crippen LogP contribution is 2.24. The van der Waals surface area contributed by atoms with Crippen molar-refractivity contribution < 1.29 is 9.72 Å². The maximum Gasteiger partial charge on any atom is 0.324 e. The first-order chi connectivity index (χ1) is 8.40. The molecule has 1 heterocycles. The number of thiophene rings is 1. The van der Waals surface area contributed by atoms with Crippen LogP contribution >= 0.6 is 22.9 Å². The zero-order chi connectivity index (χ0) is 13.7. The zero-order valence-electron chi connectivity index (χ0n) is 10.1. The molecule has 18 heavy (non-hydrogen) atoms. The number of rotatable bonds is 6. The van der Waals surface area contributed by atoms with Gasteiger partial charge >= 0.3 is 10.4 Å². The maximum absolute atomic E-state index is 10.8. The van der Waals surface area contributed by atoms with Crippen LogP contribution in [0.2, 0.25) is 0 Å². The molecule has 0 atom stereocenters. The van der Waals surface area contributed by atoms with Crippen molar-refractivity contribution >= 4 is 33.3 Å². The summed E-state index contributed by atoms with van der Waals surface area (Å²) in [5.74, 6) is 0. The third-order valence-electron chi connectivity index (χ3n) is 2.37. The van der Waals surface area contributed by atoms with E-state index >= 15 is 0 Å². The van der Waals surface area contributed by atoms with Crippen molar-refractivity contribution in [1.82, 2.24) is 9.80 Å². The number of hydrogen-bond donors (Lipinski definition) is 0. The topological polar surface area (TPSA) is 66.7 Å². The van der Waals surface area contributed by atoms with Crippen molar-refractivity contribution in [3.05, 3.63) is 27.1 Å². The Bertz CT molecular complexity index is 438. The Labute approximate surface area is 114 Å². The summed E-state index contributed by atoms with van der Waals surface area (Å²) in [5, 5.41) is 10.2. The van der Waals surface area contributed by atoms with E-state index in [0.717, 1.165) is 16.2 Å². The van der Waals surface area contributed by atoms with Gasteiger partial charge in [-0.2, -0.15) is 0 Å². The van der Waals surface area contributed by atoms with Crippen LogP contribution in [0.1, 0.15) is 4.88 Å². The Balaban J connectivity index is 2.41. The molecular formula is C10H14ClN3O3S. The van der Waals surface area contributed by atoms with Gasteiger partial charge < -0.3 is 4.90 Å². The van der Waals surface area contributed by atoms with Crippen molar-refractivity contribution in [2.24, 2.45) is 0 Å². The first kappa shape index (κ1) is 14.9.